The molecule has 2 aromatic carbocycles. The van der Waals surface area contributed by atoms with Gasteiger partial charge in [-0.15, -0.1) is 0 Å². The van der Waals surface area contributed by atoms with Gasteiger partial charge in [-0.05, 0) is 29.3 Å². The summed E-state index contributed by atoms with van der Waals surface area (Å²) in [6, 6.07) is 14.3. The fourth-order valence-electron chi connectivity index (χ4n) is 2.08. The molecule has 1 atom stereocenters. The van der Waals surface area contributed by atoms with Gasteiger partial charge in [0.15, 0.2) is 11.5 Å². The Balaban J connectivity index is 1.96. The number of rotatable bonds is 2. The summed E-state index contributed by atoms with van der Waals surface area (Å²) in [6.45, 7) is 1.23. The van der Waals surface area contributed by atoms with Crippen LogP contribution in [0.3, 0.4) is 0 Å². The standard InChI is InChI=1S/C15H12Br2O2/c16-12-4-2-1-3-11(12)15(17)10-5-6-13-14(9-10)19-8-7-18-13/h1-6,9,15H,7-8H2. The Labute approximate surface area is 129 Å². The minimum atomic E-state index is 0.124. The topological polar surface area (TPSA) is 18.5 Å². The maximum Gasteiger partial charge on any atom is 0.161 e. The molecule has 4 heteroatoms. The predicted octanol–water partition coefficient (Wildman–Crippen LogP) is 4.70. The van der Waals surface area contributed by atoms with Gasteiger partial charge in [0, 0.05) is 4.47 Å². The van der Waals surface area contributed by atoms with Crippen LogP contribution in [0.4, 0.5) is 0 Å². The van der Waals surface area contributed by atoms with Gasteiger partial charge in [-0.2, -0.15) is 0 Å². The summed E-state index contributed by atoms with van der Waals surface area (Å²) in [5.74, 6) is 1.64. The van der Waals surface area contributed by atoms with Gasteiger partial charge in [-0.1, -0.05) is 56.1 Å². The van der Waals surface area contributed by atoms with Gasteiger partial charge >= 0.3 is 0 Å². The molecule has 2 aromatic rings. The van der Waals surface area contributed by atoms with Crippen molar-refractivity contribution in [3.8, 4) is 11.5 Å². The second-order valence-electron chi connectivity index (χ2n) is 4.29. The number of ether oxygens (including phenoxy) is 2. The van der Waals surface area contributed by atoms with E-state index >= 15 is 0 Å². The van der Waals surface area contributed by atoms with Crippen LogP contribution in [0.2, 0.25) is 0 Å². The lowest BCUT2D eigenvalue weighted by molar-refractivity contribution is 0.171. The monoisotopic (exact) mass is 382 g/mol. The van der Waals surface area contributed by atoms with E-state index in [0.29, 0.717) is 13.2 Å². The van der Waals surface area contributed by atoms with E-state index in [1.807, 2.05) is 30.3 Å². The van der Waals surface area contributed by atoms with E-state index in [2.05, 4.69) is 44.0 Å². The van der Waals surface area contributed by atoms with Crippen molar-refractivity contribution in [1.82, 2.24) is 0 Å². The molecule has 0 saturated carbocycles. The van der Waals surface area contributed by atoms with E-state index in [1.54, 1.807) is 0 Å². The number of halogens is 2. The zero-order valence-electron chi connectivity index (χ0n) is 10.1. The van der Waals surface area contributed by atoms with Crippen LogP contribution in [0.25, 0.3) is 0 Å². The first kappa shape index (κ1) is 13.0. The molecule has 0 fully saturated rings. The molecule has 0 aliphatic carbocycles. The second-order valence-corrected chi connectivity index (χ2v) is 6.06. The van der Waals surface area contributed by atoms with Crippen molar-refractivity contribution in [2.75, 3.05) is 13.2 Å². The molecule has 0 amide bonds. The molecule has 0 N–H and O–H groups in total. The van der Waals surface area contributed by atoms with Crippen LogP contribution in [-0.4, -0.2) is 13.2 Å². The SMILES string of the molecule is Brc1ccccc1C(Br)c1ccc2c(c1)OCCO2. The number of hydrogen-bond donors (Lipinski definition) is 0. The molecule has 0 saturated heterocycles. The summed E-state index contributed by atoms with van der Waals surface area (Å²) in [6.07, 6.45) is 0. The van der Waals surface area contributed by atoms with Crippen LogP contribution in [0.5, 0.6) is 11.5 Å². The highest BCUT2D eigenvalue weighted by atomic mass is 79.9. The Morgan fingerprint density at radius 1 is 0.947 bits per heavy atom. The molecule has 19 heavy (non-hydrogen) atoms. The predicted molar refractivity (Wildman–Crippen MR) is 82.3 cm³/mol. The van der Waals surface area contributed by atoms with Gasteiger partial charge in [0.2, 0.25) is 0 Å². The molecule has 1 unspecified atom stereocenters. The van der Waals surface area contributed by atoms with E-state index in [1.165, 1.54) is 5.56 Å². The fraction of sp³-hybridized carbons (Fsp3) is 0.200. The molecule has 2 nitrogen and oxygen atoms in total. The Morgan fingerprint density at radius 2 is 1.68 bits per heavy atom. The minimum absolute atomic E-state index is 0.124. The third-order valence-electron chi connectivity index (χ3n) is 3.04. The van der Waals surface area contributed by atoms with Gasteiger partial charge in [0.1, 0.15) is 13.2 Å². The van der Waals surface area contributed by atoms with Crippen molar-refractivity contribution in [1.29, 1.82) is 0 Å². The van der Waals surface area contributed by atoms with E-state index in [4.69, 9.17) is 9.47 Å². The third-order valence-corrected chi connectivity index (χ3v) is 4.78. The Morgan fingerprint density at radius 3 is 2.47 bits per heavy atom. The van der Waals surface area contributed by atoms with Gasteiger partial charge < -0.3 is 9.47 Å². The Kier molecular flexibility index (Phi) is 3.80. The molecule has 1 heterocycles. The number of alkyl halides is 1. The summed E-state index contributed by atoms with van der Waals surface area (Å²) < 4.78 is 12.3. The van der Waals surface area contributed by atoms with Crippen molar-refractivity contribution in [2.24, 2.45) is 0 Å². The summed E-state index contributed by atoms with van der Waals surface area (Å²) in [7, 11) is 0. The highest BCUT2D eigenvalue weighted by molar-refractivity contribution is 9.11. The van der Waals surface area contributed by atoms with Gasteiger partial charge in [0.25, 0.3) is 0 Å². The van der Waals surface area contributed by atoms with Gasteiger partial charge in [-0.25, -0.2) is 0 Å². The molecule has 0 spiro atoms. The molecule has 0 bridgehead atoms. The van der Waals surface area contributed by atoms with Crippen LogP contribution >= 0.6 is 31.9 Å². The lowest BCUT2D eigenvalue weighted by Crippen LogP contribution is -2.15. The van der Waals surface area contributed by atoms with Crippen LogP contribution in [-0.2, 0) is 0 Å². The molecule has 1 aliphatic heterocycles. The quantitative estimate of drug-likeness (QED) is 0.699. The number of hydrogen-bond acceptors (Lipinski definition) is 2. The van der Waals surface area contributed by atoms with Crippen LogP contribution in [0.15, 0.2) is 46.9 Å². The molecular weight excluding hydrogens is 372 g/mol. The van der Waals surface area contributed by atoms with Crippen molar-refractivity contribution in [2.45, 2.75) is 4.83 Å². The Bertz CT molecular complexity index is 598. The minimum Gasteiger partial charge on any atom is -0.486 e. The first-order valence-electron chi connectivity index (χ1n) is 6.04. The summed E-state index contributed by atoms with van der Waals surface area (Å²) in [5, 5.41) is 0. The molecule has 3 rings (SSSR count). The van der Waals surface area contributed by atoms with Gasteiger partial charge in [-0.3, -0.25) is 0 Å². The van der Waals surface area contributed by atoms with Crippen molar-refractivity contribution >= 4 is 31.9 Å². The number of fused-ring (bicyclic) bond motifs is 1. The molecule has 0 aromatic heterocycles. The molecule has 0 radical (unpaired) electrons. The summed E-state index contributed by atoms with van der Waals surface area (Å²) >= 11 is 7.33. The van der Waals surface area contributed by atoms with Gasteiger partial charge in [0.05, 0.1) is 4.83 Å². The van der Waals surface area contributed by atoms with Crippen LogP contribution in [0.1, 0.15) is 16.0 Å². The summed E-state index contributed by atoms with van der Waals surface area (Å²) in [4.78, 5) is 0.124. The fourth-order valence-corrected chi connectivity index (χ4v) is 3.58. The highest BCUT2D eigenvalue weighted by Crippen LogP contribution is 2.39. The third kappa shape index (κ3) is 2.65. The average Bonchev–Trinajstić information content (AvgIpc) is 2.46. The number of benzene rings is 2. The largest absolute Gasteiger partial charge is 0.486 e. The van der Waals surface area contributed by atoms with E-state index in [0.717, 1.165) is 21.5 Å². The maximum atomic E-state index is 5.62. The average molecular weight is 384 g/mol. The van der Waals surface area contributed by atoms with E-state index < -0.39 is 0 Å². The van der Waals surface area contributed by atoms with Crippen LogP contribution in [0, 0.1) is 0 Å². The molecular formula is C15H12Br2O2. The zero-order valence-corrected chi connectivity index (χ0v) is 13.3. The Hall–Kier alpha value is -1.00. The zero-order chi connectivity index (χ0) is 13.2. The molecule has 1 aliphatic rings. The van der Waals surface area contributed by atoms with Crippen molar-refractivity contribution in [3.63, 3.8) is 0 Å². The highest BCUT2D eigenvalue weighted by Gasteiger charge is 2.17. The van der Waals surface area contributed by atoms with Crippen molar-refractivity contribution < 1.29 is 9.47 Å². The first-order chi connectivity index (χ1) is 9.25. The van der Waals surface area contributed by atoms with E-state index in [9.17, 15) is 0 Å². The first-order valence-corrected chi connectivity index (χ1v) is 7.74. The maximum absolute atomic E-state index is 5.62. The molecule has 98 valence electrons. The summed E-state index contributed by atoms with van der Waals surface area (Å²) in [5.41, 5.74) is 2.34. The normalized spacial score (nSPS) is 15.1. The van der Waals surface area contributed by atoms with E-state index in [-0.39, 0.29) is 4.83 Å². The van der Waals surface area contributed by atoms with Crippen molar-refractivity contribution in [3.05, 3.63) is 58.1 Å². The lowest BCUT2D eigenvalue weighted by Gasteiger charge is -2.20. The second kappa shape index (κ2) is 5.55. The van der Waals surface area contributed by atoms with Crippen LogP contribution < -0.4 is 9.47 Å². The smallest absolute Gasteiger partial charge is 0.161 e. The lowest BCUT2D eigenvalue weighted by atomic mass is 10.0.